The first-order valence-corrected chi connectivity index (χ1v) is 8.22. The van der Waals surface area contributed by atoms with E-state index in [1.165, 1.54) is 37.8 Å². The van der Waals surface area contributed by atoms with Crippen molar-refractivity contribution in [3.05, 3.63) is 54.6 Å². The number of carbonyl (C=O) groups is 1. The van der Waals surface area contributed by atoms with Crippen molar-refractivity contribution < 1.29 is 13.2 Å². The molecule has 0 bridgehead atoms. The van der Waals surface area contributed by atoms with Crippen molar-refractivity contribution in [1.82, 2.24) is 25.1 Å². The third-order valence-corrected chi connectivity index (χ3v) is 4.50. The molecule has 0 saturated heterocycles. The Morgan fingerprint density at radius 1 is 1.22 bits per heavy atom. The van der Waals surface area contributed by atoms with Gasteiger partial charge in [-0.1, -0.05) is 18.2 Å². The van der Waals surface area contributed by atoms with Crippen molar-refractivity contribution in [2.24, 2.45) is 0 Å². The van der Waals surface area contributed by atoms with Crippen LogP contribution in [0.1, 0.15) is 10.5 Å². The second kappa shape index (κ2) is 7.11. The Labute approximate surface area is 138 Å². The summed E-state index contributed by atoms with van der Waals surface area (Å²) >= 11 is 4.98. The van der Waals surface area contributed by atoms with Gasteiger partial charge in [0.1, 0.15) is 5.69 Å². The number of rotatable bonds is 3. The summed E-state index contributed by atoms with van der Waals surface area (Å²) in [6.07, 6.45) is 4.07. The van der Waals surface area contributed by atoms with Crippen LogP contribution in [-0.2, 0) is 10.0 Å². The summed E-state index contributed by atoms with van der Waals surface area (Å²) < 4.78 is 26.5. The maximum absolute atomic E-state index is 12.1. The smallest absolute Gasteiger partial charge is 0.266 e. The SMILES string of the molecule is CN(NC(=O)c1cnccn1)C(=S)NS(=O)(=O)c1ccccc1. The minimum Gasteiger partial charge on any atom is -0.266 e. The number of aromatic nitrogens is 2. The summed E-state index contributed by atoms with van der Waals surface area (Å²) in [5, 5.41) is 0.887. The molecule has 0 unspecified atom stereocenters. The standard InChI is InChI=1S/C13H13N5O3S2/c1-18(16-12(19)11-9-14-7-8-15-11)13(22)17-23(20,21)10-5-3-2-4-6-10/h2-9H,1H3,(H,16,19)(H,17,22). The Hall–Kier alpha value is -2.59. The molecule has 2 aromatic rings. The average molecular weight is 351 g/mol. The van der Waals surface area contributed by atoms with Gasteiger partial charge in [-0.05, 0) is 24.4 Å². The maximum Gasteiger partial charge on any atom is 0.290 e. The quantitative estimate of drug-likeness (QED) is 0.606. The lowest BCUT2D eigenvalue weighted by Gasteiger charge is -2.21. The monoisotopic (exact) mass is 351 g/mol. The van der Waals surface area contributed by atoms with E-state index in [4.69, 9.17) is 12.2 Å². The van der Waals surface area contributed by atoms with Gasteiger partial charge in [0.25, 0.3) is 15.9 Å². The van der Waals surface area contributed by atoms with Crippen molar-refractivity contribution in [3.63, 3.8) is 0 Å². The fourth-order valence-electron chi connectivity index (χ4n) is 1.52. The normalized spacial score (nSPS) is 10.7. The van der Waals surface area contributed by atoms with Crippen molar-refractivity contribution in [3.8, 4) is 0 Å². The molecule has 120 valence electrons. The number of amides is 1. The molecule has 23 heavy (non-hydrogen) atoms. The van der Waals surface area contributed by atoms with Crippen LogP contribution in [0.4, 0.5) is 0 Å². The number of sulfonamides is 1. The molecule has 0 aliphatic carbocycles. The largest absolute Gasteiger partial charge is 0.290 e. The van der Waals surface area contributed by atoms with E-state index in [0.29, 0.717) is 0 Å². The molecule has 0 aliphatic heterocycles. The van der Waals surface area contributed by atoms with Crippen LogP contribution in [0.2, 0.25) is 0 Å². The van der Waals surface area contributed by atoms with E-state index in [-0.39, 0.29) is 15.7 Å². The predicted octanol–water partition coefficient (Wildman–Crippen LogP) is 0.317. The van der Waals surface area contributed by atoms with Gasteiger partial charge in [0.05, 0.1) is 11.1 Å². The van der Waals surface area contributed by atoms with Gasteiger partial charge in [0.15, 0.2) is 0 Å². The molecule has 10 heteroatoms. The van der Waals surface area contributed by atoms with Gasteiger partial charge in [-0.3, -0.25) is 24.9 Å². The van der Waals surface area contributed by atoms with Gasteiger partial charge in [0, 0.05) is 19.4 Å². The zero-order valence-electron chi connectivity index (χ0n) is 12.0. The molecule has 0 radical (unpaired) electrons. The minimum absolute atomic E-state index is 0.0657. The minimum atomic E-state index is -3.82. The molecule has 0 atom stereocenters. The van der Waals surface area contributed by atoms with Crippen LogP contribution >= 0.6 is 12.2 Å². The number of hydrogen-bond acceptors (Lipinski definition) is 6. The topological polar surface area (TPSA) is 104 Å². The van der Waals surface area contributed by atoms with E-state index in [2.05, 4.69) is 20.1 Å². The predicted molar refractivity (Wildman–Crippen MR) is 86.6 cm³/mol. The molecule has 2 rings (SSSR count). The van der Waals surface area contributed by atoms with Gasteiger partial charge in [-0.15, -0.1) is 0 Å². The van der Waals surface area contributed by atoms with Gasteiger partial charge >= 0.3 is 0 Å². The van der Waals surface area contributed by atoms with Crippen LogP contribution in [0, 0.1) is 0 Å². The lowest BCUT2D eigenvalue weighted by molar-refractivity contribution is 0.0881. The number of benzene rings is 1. The fourth-order valence-corrected chi connectivity index (χ4v) is 2.89. The van der Waals surface area contributed by atoms with Crippen LogP contribution in [0.15, 0.2) is 53.8 Å². The Bertz CT molecular complexity index is 797. The van der Waals surface area contributed by atoms with Crippen LogP contribution < -0.4 is 10.1 Å². The van der Waals surface area contributed by atoms with Gasteiger partial charge in [-0.25, -0.2) is 13.4 Å². The molecule has 1 amide bonds. The first kappa shape index (κ1) is 16.8. The highest BCUT2D eigenvalue weighted by Gasteiger charge is 2.18. The first-order valence-electron chi connectivity index (χ1n) is 6.33. The van der Waals surface area contributed by atoms with Crippen molar-refractivity contribution in [2.45, 2.75) is 4.90 Å². The van der Waals surface area contributed by atoms with Crippen LogP contribution in [-0.4, -0.2) is 41.5 Å². The zero-order chi connectivity index (χ0) is 16.9. The van der Waals surface area contributed by atoms with E-state index >= 15 is 0 Å². The van der Waals surface area contributed by atoms with E-state index < -0.39 is 15.9 Å². The molecular weight excluding hydrogens is 338 g/mol. The van der Waals surface area contributed by atoms with Crippen LogP contribution in [0.25, 0.3) is 0 Å². The molecule has 8 nitrogen and oxygen atoms in total. The highest BCUT2D eigenvalue weighted by atomic mass is 32.2. The lowest BCUT2D eigenvalue weighted by atomic mass is 10.4. The lowest BCUT2D eigenvalue weighted by Crippen LogP contribution is -2.49. The average Bonchev–Trinajstić information content (AvgIpc) is 2.56. The first-order chi connectivity index (χ1) is 10.9. The Balaban J connectivity index is 2.02. The Morgan fingerprint density at radius 3 is 2.52 bits per heavy atom. The number of hydrazine groups is 1. The molecule has 2 N–H and O–H groups in total. The van der Waals surface area contributed by atoms with E-state index in [1.807, 2.05) is 0 Å². The van der Waals surface area contributed by atoms with E-state index in [0.717, 1.165) is 5.01 Å². The Morgan fingerprint density at radius 2 is 1.91 bits per heavy atom. The molecular formula is C13H13N5O3S2. The van der Waals surface area contributed by atoms with Gasteiger partial charge in [0.2, 0.25) is 5.11 Å². The number of carbonyl (C=O) groups excluding carboxylic acids is 1. The van der Waals surface area contributed by atoms with Crippen molar-refractivity contribution in [1.29, 1.82) is 0 Å². The summed E-state index contributed by atoms with van der Waals surface area (Å²) in [7, 11) is -2.41. The summed E-state index contributed by atoms with van der Waals surface area (Å²) in [6.45, 7) is 0. The highest BCUT2D eigenvalue weighted by Crippen LogP contribution is 2.07. The summed E-state index contributed by atoms with van der Waals surface area (Å²) in [4.78, 5) is 19.6. The number of hydrogen-bond donors (Lipinski definition) is 2. The zero-order valence-corrected chi connectivity index (χ0v) is 13.6. The maximum atomic E-state index is 12.1. The molecule has 0 fully saturated rings. The summed E-state index contributed by atoms with van der Waals surface area (Å²) in [5.74, 6) is -0.568. The second-order valence-corrected chi connectivity index (χ2v) is 6.38. The van der Waals surface area contributed by atoms with Crippen molar-refractivity contribution in [2.75, 3.05) is 7.05 Å². The third-order valence-electron chi connectivity index (χ3n) is 2.64. The number of nitrogens with zero attached hydrogens (tertiary/aromatic N) is 3. The van der Waals surface area contributed by atoms with Gasteiger partial charge in [-0.2, -0.15) is 0 Å². The summed E-state index contributed by atoms with van der Waals surface area (Å²) in [5.41, 5.74) is 2.47. The van der Waals surface area contributed by atoms with Gasteiger partial charge < -0.3 is 0 Å². The third kappa shape index (κ3) is 4.44. The van der Waals surface area contributed by atoms with E-state index in [9.17, 15) is 13.2 Å². The number of nitrogens with one attached hydrogen (secondary N) is 2. The fraction of sp³-hybridized carbons (Fsp3) is 0.0769. The van der Waals surface area contributed by atoms with Crippen LogP contribution in [0.3, 0.4) is 0 Å². The molecule has 1 aromatic carbocycles. The highest BCUT2D eigenvalue weighted by molar-refractivity contribution is 7.91. The number of thiocarbonyl (C=S) groups is 1. The van der Waals surface area contributed by atoms with E-state index in [1.54, 1.807) is 18.2 Å². The van der Waals surface area contributed by atoms with Crippen LogP contribution in [0.5, 0.6) is 0 Å². The summed E-state index contributed by atoms with van der Waals surface area (Å²) in [6, 6.07) is 7.76. The molecule has 0 aliphatic rings. The van der Waals surface area contributed by atoms with Crippen molar-refractivity contribution >= 4 is 33.3 Å². The molecule has 1 heterocycles. The molecule has 0 saturated carbocycles. The Kier molecular flexibility index (Phi) is 5.19. The molecule has 1 aromatic heterocycles. The second-order valence-electron chi connectivity index (χ2n) is 4.31. The molecule has 0 spiro atoms.